The van der Waals surface area contributed by atoms with Gasteiger partial charge in [-0.2, -0.15) is 0 Å². The van der Waals surface area contributed by atoms with Crippen molar-refractivity contribution in [3.05, 3.63) is 59.4 Å². The van der Waals surface area contributed by atoms with Gasteiger partial charge in [0.05, 0.1) is 5.69 Å². The fourth-order valence-corrected chi connectivity index (χ4v) is 4.21. The lowest BCUT2D eigenvalue weighted by Gasteiger charge is -2.37. The molecule has 0 N–H and O–H groups in total. The highest BCUT2D eigenvalue weighted by Crippen LogP contribution is 2.31. The average molecular weight is 403 g/mol. The highest BCUT2D eigenvalue weighted by atomic mass is 19.1. The number of anilines is 2. The Hall–Kier alpha value is -2.70. The van der Waals surface area contributed by atoms with Crippen molar-refractivity contribution < 1.29 is 18.0 Å². The molecule has 1 saturated heterocycles. The molecule has 0 aliphatic carbocycles. The third-order valence-electron chi connectivity index (χ3n) is 5.72. The predicted molar refractivity (Wildman–Crippen MR) is 107 cm³/mol. The molecule has 0 aromatic heterocycles. The Balaban J connectivity index is 1.32. The van der Waals surface area contributed by atoms with Crippen molar-refractivity contribution in [2.24, 2.45) is 0 Å². The van der Waals surface area contributed by atoms with Gasteiger partial charge in [0, 0.05) is 57.4 Å². The lowest BCUT2D eigenvalue weighted by Crippen LogP contribution is -2.49. The van der Waals surface area contributed by atoms with Gasteiger partial charge in [-0.15, -0.1) is 0 Å². The molecule has 4 nitrogen and oxygen atoms in total. The van der Waals surface area contributed by atoms with Crippen LogP contribution in [0, 0.1) is 17.5 Å². The van der Waals surface area contributed by atoms with Crippen LogP contribution in [0.15, 0.2) is 36.4 Å². The van der Waals surface area contributed by atoms with Crippen LogP contribution in [0.2, 0.25) is 0 Å². The predicted octanol–water partition coefficient (Wildman–Crippen LogP) is 3.60. The highest BCUT2D eigenvalue weighted by molar-refractivity contribution is 5.77. The molecule has 2 aliphatic heterocycles. The van der Waals surface area contributed by atoms with Gasteiger partial charge >= 0.3 is 0 Å². The summed E-state index contributed by atoms with van der Waals surface area (Å²) in [6.07, 6.45) is 1.77. The molecule has 2 aliphatic rings. The average Bonchev–Trinajstić information content (AvgIpc) is 2.72. The van der Waals surface area contributed by atoms with Crippen LogP contribution in [-0.2, 0) is 11.2 Å². The summed E-state index contributed by atoms with van der Waals surface area (Å²) in [5.74, 6) is -1.34. The van der Waals surface area contributed by atoms with E-state index in [1.807, 2.05) is 9.80 Å². The Bertz CT molecular complexity index is 880. The SMILES string of the molecule is O=C(CCN1CCCc2cc(F)cc(F)c21)N1CCN(c2ccc(F)cc2)CC1. The molecular weight excluding hydrogens is 379 g/mol. The monoisotopic (exact) mass is 403 g/mol. The minimum Gasteiger partial charge on any atom is -0.368 e. The van der Waals surface area contributed by atoms with E-state index in [1.54, 1.807) is 12.1 Å². The van der Waals surface area contributed by atoms with E-state index in [1.165, 1.54) is 18.2 Å². The lowest BCUT2D eigenvalue weighted by atomic mass is 10.0. The van der Waals surface area contributed by atoms with Crippen molar-refractivity contribution in [3.8, 4) is 0 Å². The second kappa shape index (κ2) is 8.35. The molecular formula is C22H24F3N3O. The third kappa shape index (κ3) is 4.33. The van der Waals surface area contributed by atoms with Crippen molar-refractivity contribution in [2.45, 2.75) is 19.3 Å². The van der Waals surface area contributed by atoms with E-state index in [4.69, 9.17) is 0 Å². The number of fused-ring (bicyclic) bond motifs is 1. The lowest BCUT2D eigenvalue weighted by molar-refractivity contribution is -0.131. The Morgan fingerprint density at radius 2 is 1.62 bits per heavy atom. The highest BCUT2D eigenvalue weighted by Gasteiger charge is 2.25. The van der Waals surface area contributed by atoms with Gasteiger partial charge in [-0.05, 0) is 48.7 Å². The molecule has 2 heterocycles. The summed E-state index contributed by atoms with van der Waals surface area (Å²) < 4.78 is 40.8. The van der Waals surface area contributed by atoms with Gasteiger partial charge in [0.25, 0.3) is 0 Å². The number of rotatable bonds is 4. The van der Waals surface area contributed by atoms with Crippen LogP contribution in [-0.4, -0.2) is 50.1 Å². The van der Waals surface area contributed by atoms with E-state index >= 15 is 0 Å². The molecule has 1 amide bonds. The number of hydrogen-bond donors (Lipinski definition) is 0. The van der Waals surface area contributed by atoms with Gasteiger partial charge in [-0.1, -0.05) is 0 Å². The van der Waals surface area contributed by atoms with Gasteiger partial charge < -0.3 is 14.7 Å². The molecule has 29 heavy (non-hydrogen) atoms. The van der Waals surface area contributed by atoms with Gasteiger partial charge in [-0.25, -0.2) is 13.2 Å². The van der Waals surface area contributed by atoms with Crippen molar-refractivity contribution in [2.75, 3.05) is 49.1 Å². The molecule has 0 atom stereocenters. The quantitative estimate of drug-likeness (QED) is 0.781. The zero-order valence-corrected chi connectivity index (χ0v) is 16.2. The van der Waals surface area contributed by atoms with Crippen LogP contribution in [0.4, 0.5) is 24.5 Å². The molecule has 0 spiro atoms. The van der Waals surface area contributed by atoms with Gasteiger partial charge in [0.1, 0.15) is 17.5 Å². The molecule has 0 bridgehead atoms. The zero-order valence-electron chi connectivity index (χ0n) is 16.2. The maximum Gasteiger partial charge on any atom is 0.224 e. The Morgan fingerprint density at radius 3 is 2.34 bits per heavy atom. The molecule has 1 fully saturated rings. The standard InChI is InChI=1S/C22H24F3N3O/c23-17-3-5-19(6-4-17)26-10-12-27(13-11-26)21(29)7-9-28-8-1-2-16-14-18(24)15-20(25)22(16)28/h3-6,14-15H,1-2,7-13H2. The molecule has 4 rings (SSSR count). The third-order valence-corrected chi connectivity index (χ3v) is 5.72. The summed E-state index contributed by atoms with van der Waals surface area (Å²) in [6.45, 7) is 3.68. The largest absolute Gasteiger partial charge is 0.368 e. The maximum atomic E-state index is 14.3. The van der Waals surface area contributed by atoms with E-state index in [0.29, 0.717) is 63.4 Å². The van der Waals surface area contributed by atoms with Gasteiger partial charge in [0.15, 0.2) is 0 Å². The number of nitrogens with zero attached hydrogens (tertiary/aromatic N) is 3. The first-order valence-corrected chi connectivity index (χ1v) is 10.0. The van der Waals surface area contributed by atoms with Gasteiger partial charge in [-0.3, -0.25) is 4.79 Å². The fraction of sp³-hybridized carbons (Fsp3) is 0.409. The van der Waals surface area contributed by atoms with E-state index < -0.39 is 11.6 Å². The second-order valence-electron chi connectivity index (χ2n) is 7.58. The smallest absolute Gasteiger partial charge is 0.224 e. The number of carbonyl (C=O) groups is 1. The van der Waals surface area contributed by atoms with Crippen molar-refractivity contribution >= 4 is 17.3 Å². The normalized spacial score (nSPS) is 16.7. The van der Waals surface area contributed by atoms with Crippen LogP contribution >= 0.6 is 0 Å². The second-order valence-corrected chi connectivity index (χ2v) is 7.58. The number of benzene rings is 2. The topological polar surface area (TPSA) is 26.8 Å². The number of piperazine rings is 1. The van der Waals surface area contributed by atoms with Crippen LogP contribution in [0.5, 0.6) is 0 Å². The summed E-state index contributed by atoms with van der Waals surface area (Å²) in [6, 6.07) is 8.67. The fourth-order valence-electron chi connectivity index (χ4n) is 4.21. The number of amides is 1. The van der Waals surface area contributed by atoms with Crippen molar-refractivity contribution in [1.29, 1.82) is 0 Å². The molecule has 7 heteroatoms. The number of carbonyl (C=O) groups excluding carboxylic acids is 1. The van der Waals surface area contributed by atoms with Crippen LogP contribution in [0.3, 0.4) is 0 Å². The van der Waals surface area contributed by atoms with Gasteiger partial charge in [0.2, 0.25) is 5.91 Å². The molecule has 2 aromatic carbocycles. The number of halogens is 3. The summed E-state index contributed by atoms with van der Waals surface area (Å²) in [4.78, 5) is 18.5. The summed E-state index contributed by atoms with van der Waals surface area (Å²) >= 11 is 0. The Kier molecular flexibility index (Phi) is 5.65. The first-order valence-electron chi connectivity index (χ1n) is 10.0. The van der Waals surface area contributed by atoms with E-state index in [2.05, 4.69) is 4.90 Å². The van der Waals surface area contributed by atoms with E-state index in [-0.39, 0.29) is 11.7 Å². The summed E-state index contributed by atoms with van der Waals surface area (Å²) in [5.41, 5.74) is 2.06. The minimum atomic E-state index is -0.557. The van der Waals surface area contributed by atoms with Crippen molar-refractivity contribution in [3.63, 3.8) is 0 Å². The molecule has 0 radical (unpaired) electrons. The maximum absolute atomic E-state index is 14.3. The first-order chi connectivity index (χ1) is 14.0. The molecule has 2 aromatic rings. The minimum absolute atomic E-state index is 0.0402. The Labute approximate surface area is 168 Å². The van der Waals surface area contributed by atoms with Crippen LogP contribution < -0.4 is 9.80 Å². The number of aryl methyl sites for hydroxylation is 1. The number of hydrogen-bond acceptors (Lipinski definition) is 3. The Morgan fingerprint density at radius 1 is 0.897 bits per heavy atom. The van der Waals surface area contributed by atoms with Crippen molar-refractivity contribution in [1.82, 2.24) is 4.90 Å². The van der Waals surface area contributed by atoms with E-state index in [9.17, 15) is 18.0 Å². The first kappa shape index (κ1) is 19.6. The molecule has 154 valence electrons. The molecule has 0 saturated carbocycles. The summed E-state index contributed by atoms with van der Waals surface area (Å²) in [5, 5.41) is 0. The summed E-state index contributed by atoms with van der Waals surface area (Å²) in [7, 11) is 0. The van der Waals surface area contributed by atoms with Crippen LogP contribution in [0.1, 0.15) is 18.4 Å². The van der Waals surface area contributed by atoms with Crippen LogP contribution in [0.25, 0.3) is 0 Å². The van der Waals surface area contributed by atoms with E-state index in [0.717, 1.165) is 18.2 Å². The molecule has 0 unspecified atom stereocenters. The zero-order chi connectivity index (χ0) is 20.4.